The molecule has 4 heteroatoms. The normalized spacial score (nSPS) is 16.4. The Morgan fingerprint density at radius 2 is 2.10 bits per heavy atom. The quantitative estimate of drug-likeness (QED) is 0.833. The van der Waals surface area contributed by atoms with Crippen molar-refractivity contribution in [2.45, 2.75) is 32.7 Å². The molecule has 1 aliphatic heterocycles. The number of ether oxygens (including phenoxy) is 1. The summed E-state index contributed by atoms with van der Waals surface area (Å²) in [6.07, 6.45) is 3.78. The molecule has 0 aromatic heterocycles. The van der Waals surface area contributed by atoms with E-state index in [9.17, 15) is 0 Å². The predicted octanol–water partition coefficient (Wildman–Crippen LogP) is 3.56. The first-order chi connectivity index (χ1) is 10.2. The maximum atomic E-state index is 6.23. The van der Waals surface area contributed by atoms with E-state index in [1.165, 1.54) is 44.5 Å². The van der Waals surface area contributed by atoms with E-state index in [2.05, 4.69) is 23.2 Å². The minimum absolute atomic E-state index is 0.702. The molecule has 1 N–H and O–H groups in total. The van der Waals surface area contributed by atoms with Crippen LogP contribution >= 0.6 is 11.6 Å². The van der Waals surface area contributed by atoms with Crippen molar-refractivity contribution in [1.82, 2.24) is 10.2 Å². The van der Waals surface area contributed by atoms with Crippen LogP contribution in [0.1, 0.15) is 31.7 Å². The van der Waals surface area contributed by atoms with Crippen LogP contribution in [0.2, 0.25) is 5.02 Å². The van der Waals surface area contributed by atoms with E-state index in [0.29, 0.717) is 5.02 Å². The number of hydrogen-bond acceptors (Lipinski definition) is 3. The Balaban J connectivity index is 1.96. The average Bonchev–Trinajstić information content (AvgIpc) is 2.49. The molecule has 0 unspecified atom stereocenters. The zero-order valence-corrected chi connectivity index (χ0v) is 14.0. The second kappa shape index (κ2) is 8.62. The molecule has 1 aromatic carbocycles. The topological polar surface area (TPSA) is 24.5 Å². The lowest BCUT2D eigenvalue weighted by molar-refractivity contribution is 0.199. The lowest BCUT2D eigenvalue weighted by Gasteiger charge is -2.30. The SMILES string of the molecule is CCCN(Cc1ccc(OC)c(Cl)c1)CC1CCNCC1. The molecule has 1 aromatic rings. The van der Waals surface area contributed by atoms with Crippen molar-refractivity contribution in [3.8, 4) is 5.75 Å². The number of piperidine rings is 1. The van der Waals surface area contributed by atoms with Gasteiger partial charge in [-0.2, -0.15) is 0 Å². The first-order valence-corrected chi connectivity index (χ1v) is 8.36. The minimum atomic E-state index is 0.702. The maximum Gasteiger partial charge on any atom is 0.137 e. The molecule has 0 amide bonds. The van der Waals surface area contributed by atoms with Crippen molar-refractivity contribution < 1.29 is 4.74 Å². The second-order valence-electron chi connectivity index (χ2n) is 5.90. The van der Waals surface area contributed by atoms with Crippen molar-refractivity contribution in [2.75, 3.05) is 33.3 Å². The van der Waals surface area contributed by atoms with Gasteiger partial charge in [0.15, 0.2) is 0 Å². The van der Waals surface area contributed by atoms with Crippen LogP contribution in [0.4, 0.5) is 0 Å². The molecular weight excluding hydrogens is 284 g/mol. The summed E-state index contributed by atoms with van der Waals surface area (Å²) < 4.78 is 5.22. The van der Waals surface area contributed by atoms with Crippen LogP contribution in [0.3, 0.4) is 0 Å². The van der Waals surface area contributed by atoms with Crippen LogP contribution in [0.25, 0.3) is 0 Å². The number of halogens is 1. The third-order valence-corrected chi connectivity index (χ3v) is 4.43. The molecule has 1 heterocycles. The van der Waals surface area contributed by atoms with E-state index < -0.39 is 0 Å². The average molecular weight is 311 g/mol. The molecule has 0 atom stereocenters. The Labute approximate surface area is 133 Å². The van der Waals surface area contributed by atoms with E-state index in [1.54, 1.807) is 7.11 Å². The number of nitrogens with zero attached hydrogens (tertiary/aromatic N) is 1. The minimum Gasteiger partial charge on any atom is -0.495 e. The molecule has 1 aliphatic rings. The monoisotopic (exact) mass is 310 g/mol. The molecule has 2 rings (SSSR count). The Morgan fingerprint density at radius 1 is 1.33 bits per heavy atom. The van der Waals surface area contributed by atoms with Gasteiger partial charge in [0.2, 0.25) is 0 Å². The smallest absolute Gasteiger partial charge is 0.137 e. The van der Waals surface area contributed by atoms with E-state index in [1.807, 2.05) is 12.1 Å². The number of benzene rings is 1. The van der Waals surface area contributed by atoms with Gasteiger partial charge in [-0.1, -0.05) is 24.6 Å². The molecule has 3 nitrogen and oxygen atoms in total. The summed E-state index contributed by atoms with van der Waals surface area (Å²) in [5, 5.41) is 4.14. The highest BCUT2D eigenvalue weighted by Gasteiger charge is 2.17. The number of rotatable bonds is 7. The lowest BCUT2D eigenvalue weighted by Crippen LogP contribution is -2.36. The predicted molar refractivity (Wildman–Crippen MR) is 89.2 cm³/mol. The van der Waals surface area contributed by atoms with E-state index >= 15 is 0 Å². The zero-order chi connectivity index (χ0) is 15.1. The Bertz CT molecular complexity index is 433. The molecule has 0 radical (unpaired) electrons. The van der Waals surface area contributed by atoms with Gasteiger partial charge in [0.1, 0.15) is 5.75 Å². The largest absolute Gasteiger partial charge is 0.495 e. The van der Waals surface area contributed by atoms with E-state index in [4.69, 9.17) is 16.3 Å². The van der Waals surface area contributed by atoms with Crippen molar-refractivity contribution in [3.05, 3.63) is 28.8 Å². The number of nitrogens with one attached hydrogen (secondary N) is 1. The molecular formula is C17H27ClN2O. The first kappa shape index (κ1) is 16.6. The van der Waals surface area contributed by atoms with Gasteiger partial charge in [-0.3, -0.25) is 4.90 Å². The molecule has 1 fully saturated rings. The fourth-order valence-corrected chi connectivity index (χ4v) is 3.33. The highest BCUT2D eigenvalue weighted by Crippen LogP contribution is 2.26. The highest BCUT2D eigenvalue weighted by molar-refractivity contribution is 6.32. The molecule has 0 spiro atoms. The van der Waals surface area contributed by atoms with Gasteiger partial charge in [-0.05, 0) is 62.5 Å². The van der Waals surface area contributed by atoms with Gasteiger partial charge in [-0.15, -0.1) is 0 Å². The summed E-state index contributed by atoms with van der Waals surface area (Å²) in [5.41, 5.74) is 1.27. The van der Waals surface area contributed by atoms with Crippen molar-refractivity contribution in [1.29, 1.82) is 0 Å². The maximum absolute atomic E-state index is 6.23. The second-order valence-corrected chi connectivity index (χ2v) is 6.30. The third kappa shape index (κ3) is 5.17. The van der Waals surface area contributed by atoms with E-state index in [-0.39, 0.29) is 0 Å². The Kier molecular flexibility index (Phi) is 6.81. The van der Waals surface area contributed by atoms with Gasteiger partial charge in [-0.25, -0.2) is 0 Å². The number of hydrogen-bond donors (Lipinski definition) is 1. The van der Waals surface area contributed by atoms with Gasteiger partial charge in [0, 0.05) is 13.1 Å². The Morgan fingerprint density at radius 3 is 2.71 bits per heavy atom. The summed E-state index contributed by atoms with van der Waals surface area (Å²) in [4.78, 5) is 2.56. The zero-order valence-electron chi connectivity index (χ0n) is 13.2. The summed E-state index contributed by atoms with van der Waals surface area (Å²) in [6, 6.07) is 6.12. The fourth-order valence-electron chi connectivity index (χ4n) is 3.05. The molecule has 118 valence electrons. The third-order valence-electron chi connectivity index (χ3n) is 4.14. The molecule has 0 aliphatic carbocycles. The summed E-state index contributed by atoms with van der Waals surface area (Å²) >= 11 is 6.23. The van der Waals surface area contributed by atoms with Gasteiger partial charge in [0.25, 0.3) is 0 Å². The van der Waals surface area contributed by atoms with Crippen molar-refractivity contribution >= 4 is 11.6 Å². The highest BCUT2D eigenvalue weighted by atomic mass is 35.5. The molecule has 0 bridgehead atoms. The standard InChI is InChI=1S/C17H27ClN2O/c1-3-10-20(12-14-6-8-19-9-7-14)13-15-4-5-17(21-2)16(18)11-15/h4-5,11,14,19H,3,6-10,12-13H2,1-2H3. The summed E-state index contributed by atoms with van der Waals surface area (Å²) in [7, 11) is 1.65. The Hall–Kier alpha value is -0.770. The molecule has 0 saturated carbocycles. The summed E-state index contributed by atoms with van der Waals surface area (Å²) in [5.74, 6) is 1.58. The van der Waals surface area contributed by atoms with Crippen LogP contribution in [0, 0.1) is 5.92 Å². The van der Waals surface area contributed by atoms with Crippen LogP contribution in [-0.2, 0) is 6.54 Å². The van der Waals surface area contributed by atoms with Crippen molar-refractivity contribution in [2.24, 2.45) is 5.92 Å². The van der Waals surface area contributed by atoms with Gasteiger partial charge in [0.05, 0.1) is 12.1 Å². The van der Waals surface area contributed by atoms with E-state index in [0.717, 1.165) is 24.8 Å². The van der Waals surface area contributed by atoms with Crippen LogP contribution < -0.4 is 10.1 Å². The molecule has 21 heavy (non-hydrogen) atoms. The van der Waals surface area contributed by atoms with Crippen LogP contribution in [-0.4, -0.2) is 38.2 Å². The number of methoxy groups -OCH3 is 1. The van der Waals surface area contributed by atoms with Crippen LogP contribution in [0.5, 0.6) is 5.75 Å². The fraction of sp³-hybridized carbons (Fsp3) is 0.647. The van der Waals surface area contributed by atoms with Gasteiger partial charge >= 0.3 is 0 Å². The lowest BCUT2D eigenvalue weighted by atomic mass is 9.97. The van der Waals surface area contributed by atoms with Crippen molar-refractivity contribution in [3.63, 3.8) is 0 Å². The summed E-state index contributed by atoms with van der Waals surface area (Å²) in [6.45, 7) is 7.89. The molecule has 1 saturated heterocycles. The van der Waals surface area contributed by atoms with Crippen LogP contribution in [0.15, 0.2) is 18.2 Å². The first-order valence-electron chi connectivity index (χ1n) is 7.98. The van der Waals surface area contributed by atoms with Gasteiger partial charge < -0.3 is 10.1 Å².